The first-order valence-electron chi connectivity index (χ1n) is 10.1. The Hall–Kier alpha value is -0.770. The lowest BCUT2D eigenvalue weighted by atomic mass is 9.43. The number of fused-ring (bicyclic) bond motifs is 5. The smallest absolute Gasteiger partial charge is 0.0911 e. The molecular formula is C22H33N. The summed E-state index contributed by atoms with van der Waals surface area (Å²) in [5, 5.41) is 9.20. The highest BCUT2D eigenvalue weighted by atomic mass is 14.6. The minimum Gasteiger partial charge on any atom is -0.193 e. The number of nitrogens with zero attached hydrogens (tertiary/aromatic N) is 1. The lowest BCUT2D eigenvalue weighted by Crippen LogP contribution is -2.55. The van der Waals surface area contributed by atoms with Gasteiger partial charge < -0.3 is 0 Å². The number of rotatable bonds is 0. The van der Waals surface area contributed by atoms with Crippen LogP contribution >= 0.6 is 0 Å². The molecule has 0 amide bonds. The molecule has 4 rings (SSSR count). The number of hydrogen-bond donors (Lipinski definition) is 0. The van der Waals surface area contributed by atoms with E-state index in [0.29, 0.717) is 10.8 Å². The molecule has 0 radical (unpaired) electrons. The third-order valence-electron chi connectivity index (χ3n) is 8.91. The van der Waals surface area contributed by atoms with Crippen LogP contribution in [0.15, 0.2) is 11.6 Å². The summed E-state index contributed by atoms with van der Waals surface area (Å²) in [5.41, 5.74) is 2.42. The third kappa shape index (κ3) is 2.09. The van der Waals surface area contributed by atoms with E-state index in [4.69, 9.17) is 0 Å². The van der Waals surface area contributed by atoms with E-state index in [9.17, 15) is 5.26 Å². The van der Waals surface area contributed by atoms with Crippen molar-refractivity contribution >= 4 is 0 Å². The average molecular weight is 312 g/mol. The van der Waals surface area contributed by atoms with Crippen molar-refractivity contribution in [3.8, 4) is 6.07 Å². The first kappa shape index (κ1) is 15.7. The Bertz CT molecular complexity index is 555. The first-order valence-corrected chi connectivity index (χ1v) is 10.1. The summed E-state index contributed by atoms with van der Waals surface area (Å²) in [6.07, 6.45) is 14.6. The van der Waals surface area contributed by atoms with Crippen LogP contribution in [0.1, 0.15) is 78.6 Å². The maximum Gasteiger partial charge on any atom is 0.0911 e. The zero-order valence-corrected chi connectivity index (χ0v) is 15.3. The third-order valence-corrected chi connectivity index (χ3v) is 8.91. The van der Waals surface area contributed by atoms with Crippen molar-refractivity contribution in [1.29, 1.82) is 5.26 Å². The Morgan fingerprint density at radius 1 is 1.13 bits per heavy atom. The van der Waals surface area contributed by atoms with Gasteiger partial charge in [0.1, 0.15) is 0 Å². The average Bonchev–Trinajstić information content (AvgIpc) is 2.83. The van der Waals surface area contributed by atoms with E-state index in [1.807, 2.05) is 6.08 Å². The Labute approximate surface area is 142 Å². The molecule has 0 spiro atoms. The van der Waals surface area contributed by atoms with Crippen LogP contribution in [-0.2, 0) is 0 Å². The van der Waals surface area contributed by atoms with E-state index in [-0.39, 0.29) is 0 Å². The van der Waals surface area contributed by atoms with Gasteiger partial charge in [0.2, 0.25) is 0 Å². The van der Waals surface area contributed by atoms with Crippen LogP contribution in [0.4, 0.5) is 0 Å². The van der Waals surface area contributed by atoms with Gasteiger partial charge in [0.15, 0.2) is 0 Å². The molecule has 4 aliphatic carbocycles. The normalized spacial score (nSPS) is 54.0. The molecule has 0 aromatic heterocycles. The summed E-state index contributed by atoms with van der Waals surface area (Å²) in [4.78, 5) is 0. The molecule has 4 unspecified atom stereocenters. The van der Waals surface area contributed by atoms with Crippen molar-refractivity contribution in [2.24, 2.45) is 40.4 Å². The molecular weight excluding hydrogens is 278 g/mol. The van der Waals surface area contributed by atoms with Crippen molar-refractivity contribution in [3.63, 3.8) is 0 Å². The van der Waals surface area contributed by atoms with E-state index in [1.165, 1.54) is 63.4 Å². The number of nitriles is 1. The molecule has 126 valence electrons. The van der Waals surface area contributed by atoms with Crippen molar-refractivity contribution in [2.75, 3.05) is 0 Å². The van der Waals surface area contributed by atoms with Gasteiger partial charge in [-0.15, -0.1) is 0 Å². The largest absolute Gasteiger partial charge is 0.193 e. The van der Waals surface area contributed by atoms with E-state index in [0.717, 1.165) is 29.6 Å². The Balaban J connectivity index is 1.71. The fraction of sp³-hybridized carbons (Fsp3) is 0.864. The van der Waals surface area contributed by atoms with Gasteiger partial charge in [0.25, 0.3) is 0 Å². The quantitative estimate of drug-likeness (QED) is 0.495. The second-order valence-electron chi connectivity index (χ2n) is 9.76. The van der Waals surface area contributed by atoms with Crippen LogP contribution in [0.25, 0.3) is 0 Å². The summed E-state index contributed by atoms with van der Waals surface area (Å²) >= 11 is 0. The summed E-state index contributed by atoms with van der Waals surface area (Å²) in [6, 6.07) is 2.35. The van der Waals surface area contributed by atoms with Crippen LogP contribution in [0.5, 0.6) is 0 Å². The summed E-state index contributed by atoms with van der Waals surface area (Å²) < 4.78 is 0. The molecule has 0 aromatic rings. The molecule has 1 heteroatoms. The van der Waals surface area contributed by atoms with E-state index in [1.54, 1.807) is 0 Å². The zero-order chi connectivity index (χ0) is 16.2. The molecule has 0 heterocycles. The zero-order valence-electron chi connectivity index (χ0n) is 15.3. The lowest BCUT2D eigenvalue weighted by Gasteiger charge is -2.62. The van der Waals surface area contributed by atoms with Crippen molar-refractivity contribution in [3.05, 3.63) is 11.6 Å². The van der Waals surface area contributed by atoms with Gasteiger partial charge in [-0.2, -0.15) is 5.26 Å². The highest BCUT2D eigenvalue weighted by Crippen LogP contribution is 2.68. The minimum atomic E-state index is 0.328. The number of hydrogen-bond acceptors (Lipinski definition) is 1. The molecule has 1 nitrogen and oxygen atoms in total. The Morgan fingerprint density at radius 2 is 1.96 bits per heavy atom. The molecule has 4 fully saturated rings. The van der Waals surface area contributed by atoms with Crippen LogP contribution in [0, 0.1) is 51.8 Å². The molecule has 4 aliphatic rings. The fourth-order valence-electron chi connectivity index (χ4n) is 8.16. The predicted molar refractivity (Wildman–Crippen MR) is 94.6 cm³/mol. The van der Waals surface area contributed by atoms with Crippen LogP contribution < -0.4 is 0 Å². The standard InChI is InChI=1S/C22H33N/c1-15-14-22(3)17(11-13-23)8-10-19(22)18-9-7-16-6-4-5-12-21(16,2)20(15)18/h11,15-16,18-20H,4-10,12,14H2,1-3H3/b17-11-/t15-,16?,18-,19?,20?,21-,22?/m0/s1. The van der Waals surface area contributed by atoms with Crippen LogP contribution in [-0.4, -0.2) is 0 Å². The molecule has 0 aromatic carbocycles. The van der Waals surface area contributed by atoms with Crippen molar-refractivity contribution in [2.45, 2.75) is 78.6 Å². The van der Waals surface area contributed by atoms with Crippen molar-refractivity contribution in [1.82, 2.24) is 0 Å². The van der Waals surface area contributed by atoms with Gasteiger partial charge in [0, 0.05) is 6.08 Å². The predicted octanol–water partition coefficient (Wildman–Crippen LogP) is 6.12. The summed E-state index contributed by atoms with van der Waals surface area (Å²) in [7, 11) is 0. The SMILES string of the molecule is C[C@H]1CC2(C)/C(=C\C#N)CCC2[C@@H]2CCC3CCCC[C@]3(C)C21. The summed E-state index contributed by atoms with van der Waals surface area (Å²) in [5.74, 6) is 4.55. The van der Waals surface area contributed by atoms with Crippen molar-refractivity contribution < 1.29 is 0 Å². The minimum absolute atomic E-state index is 0.328. The first-order chi connectivity index (χ1) is 11.0. The Kier molecular flexibility index (Phi) is 3.67. The lowest BCUT2D eigenvalue weighted by molar-refractivity contribution is -0.124. The highest BCUT2D eigenvalue weighted by molar-refractivity contribution is 5.28. The second kappa shape index (κ2) is 5.37. The maximum atomic E-state index is 9.20. The number of allylic oxidation sites excluding steroid dienone is 2. The molecule has 7 atom stereocenters. The topological polar surface area (TPSA) is 23.8 Å². The van der Waals surface area contributed by atoms with E-state index in [2.05, 4.69) is 26.8 Å². The maximum absolute atomic E-state index is 9.20. The fourth-order valence-corrected chi connectivity index (χ4v) is 8.16. The summed E-state index contributed by atoms with van der Waals surface area (Å²) in [6.45, 7) is 7.70. The molecule has 0 bridgehead atoms. The van der Waals surface area contributed by atoms with Crippen LogP contribution in [0.3, 0.4) is 0 Å². The van der Waals surface area contributed by atoms with Gasteiger partial charge in [-0.25, -0.2) is 0 Å². The molecule has 4 saturated carbocycles. The monoisotopic (exact) mass is 311 g/mol. The molecule has 0 N–H and O–H groups in total. The highest BCUT2D eigenvalue weighted by Gasteiger charge is 2.60. The molecule has 0 aliphatic heterocycles. The van der Waals surface area contributed by atoms with Crippen LogP contribution in [0.2, 0.25) is 0 Å². The van der Waals surface area contributed by atoms with Gasteiger partial charge >= 0.3 is 0 Å². The van der Waals surface area contributed by atoms with Gasteiger partial charge in [-0.1, -0.05) is 39.2 Å². The van der Waals surface area contributed by atoms with Gasteiger partial charge in [0.05, 0.1) is 6.07 Å². The molecule has 23 heavy (non-hydrogen) atoms. The van der Waals surface area contributed by atoms with Gasteiger partial charge in [-0.05, 0) is 85.4 Å². The Morgan fingerprint density at radius 3 is 2.74 bits per heavy atom. The molecule has 0 saturated heterocycles. The van der Waals surface area contributed by atoms with E-state index >= 15 is 0 Å². The van der Waals surface area contributed by atoms with E-state index < -0.39 is 0 Å². The van der Waals surface area contributed by atoms with Gasteiger partial charge in [-0.3, -0.25) is 0 Å². The second-order valence-corrected chi connectivity index (χ2v) is 9.76.